The lowest BCUT2D eigenvalue weighted by Gasteiger charge is -2.06. The molecule has 0 aliphatic carbocycles. The summed E-state index contributed by atoms with van der Waals surface area (Å²) in [6, 6.07) is 20.0. The zero-order valence-electron chi connectivity index (χ0n) is 14.7. The van der Waals surface area contributed by atoms with Crippen LogP contribution in [-0.4, -0.2) is 4.98 Å². The average molecular weight is 356 g/mol. The van der Waals surface area contributed by atoms with Crippen LogP contribution in [-0.2, 0) is 0 Å². The lowest BCUT2D eigenvalue weighted by atomic mass is 10.1. The molecule has 4 aromatic rings. The van der Waals surface area contributed by atoms with Crippen LogP contribution < -0.4 is 5.73 Å². The number of benzene rings is 3. The first-order valence-corrected chi connectivity index (χ1v) is 8.53. The lowest BCUT2D eigenvalue weighted by Crippen LogP contribution is -1.88. The van der Waals surface area contributed by atoms with Crippen molar-refractivity contribution in [3.63, 3.8) is 0 Å². The van der Waals surface area contributed by atoms with Crippen LogP contribution in [0.15, 0.2) is 83.2 Å². The summed E-state index contributed by atoms with van der Waals surface area (Å²) in [5, 5.41) is 10.5. The molecule has 0 spiro atoms. The molecular formula is C22H17FN4. The molecule has 5 heteroatoms. The van der Waals surface area contributed by atoms with E-state index in [-0.39, 0.29) is 5.82 Å². The molecule has 0 aliphatic rings. The highest BCUT2D eigenvalue weighted by molar-refractivity contribution is 5.97. The Morgan fingerprint density at radius 2 is 1.78 bits per heavy atom. The summed E-state index contributed by atoms with van der Waals surface area (Å²) in [4.78, 5) is 4.42. The summed E-state index contributed by atoms with van der Waals surface area (Å²) in [7, 11) is 0. The number of rotatable bonds is 3. The van der Waals surface area contributed by atoms with Gasteiger partial charge in [-0.1, -0.05) is 30.3 Å². The van der Waals surface area contributed by atoms with Crippen molar-refractivity contribution in [3.05, 3.63) is 84.3 Å². The summed E-state index contributed by atoms with van der Waals surface area (Å²) in [6.07, 6.45) is 1.64. The summed E-state index contributed by atoms with van der Waals surface area (Å²) >= 11 is 0. The molecule has 132 valence electrons. The summed E-state index contributed by atoms with van der Waals surface area (Å²) in [6.45, 7) is 1.86. The topological polar surface area (TPSA) is 63.6 Å². The van der Waals surface area contributed by atoms with Crippen LogP contribution in [0.4, 0.5) is 21.5 Å². The number of anilines is 1. The molecule has 27 heavy (non-hydrogen) atoms. The number of hydrogen-bond donors (Lipinski definition) is 1. The van der Waals surface area contributed by atoms with Gasteiger partial charge in [-0.15, -0.1) is 10.2 Å². The van der Waals surface area contributed by atoms with Crippen molar-refractivity contribution in [3.8, 4) is 11.3 Å². The van der Waals surface area contributed by atoms with Crippen molar-refractivity contribution >= 4 is 27.8 Å². The van der Waals surface area contributed by atoms with E-state index in [2.05, 4.69) is 15.2 Å². The van der Waals surface area contributed by atoms with Gasteiger partial charge in [0.1, 0.15) is 17.2 Å². The third-order valence-corrected chi connectivity index (χ3v) is 4.43. The molecular weight excluding hydrogens is 339 g/mol. The van der Waals surface area contributed by atoms with E-state index in [1.165, 1.54) is 12.1 Å². The molecule has 1 heterocycles. The second kappa shape index (κ2) is 6.96. The molecule has 0 saturated heterocycles. The Balaban J connectivity index is 1.61. The number of nitrogens with zero attached hydrogens (tertiary/aromatic N) is 3. The number of aromatic nitrogens is 1. The summed E-state index contributed by atoms with van der Waals surface area (Å²) in [5.41, 5.74) is 10.5. The molecule has 4 rings (SSSR count). The number of hydrogen-bond acceptors (Lipinski definition) is 4. The number of nitrogen functional groups attached to an aromatic ring is 1. The van der Waals surface area contributed by atoms with E-state index < -0.39 is 0 Å². The van der Waals surface area contributed by atoms with Crippen molar-refractivity contribution in [2.45, 2.75) is 6.92 Å². The first kappa shape index (κ1) is 16.8. The van der Waals surface area contributed by atoms with Crippen LogP contribution >= 0.6 is 0 Å². The molecule has 0 unspecified atom stereocenters. The molecule has 0 aliphatic heterocycles. The average Bonchev–Trinajstić information content (AvgIpc) is 2.68. The lowest BCUT2D eigenvalue weighted by molar-refractivity contribution is 0.627. The third kappa shape index (κ3) is 3.40. The molecule has 0 fully saturated rings. The Labute approximate surface area is 156 Å². The Hall–Kier alpha value is -3.60. The SMILES string of the molecule is Cc1cc(F)ccc1-c1ccc(N=Nc2ccc3ccccc3c2N)cn1. The maximum absolute atomic E-state index is 13.3. The monoisotopic (exact) mass is 356 g/mol. The molecule has 0 radical (unpaired) electrons. The van der Waals surface area contributed by atoms with Gasteiger partial charge in [-0.05, 0) is 54.3 Å². The van der Waals surface area contributed by atoms with Gasteiger partial charge in [-0.25, -0.2) is 4.39 Å². The molecule has 0 atom stereocenters. The van der Waals surface area contributed by atoms with Gasteiger partial charge < -0.3 is 5.73 Å². The fourth-order valence-corrected chi connectivity index (χ4v) is 3.00. The molecule has 0 amide bonds. The minimum Gasteiger partial charge on any atom is -0.396 e. The minimum atomic E-state index is -0.255. The van der Waals surface area contributed by atoms with E-state index in [1.807, 2.05) is 55.5 Å². The highest BCUT2D eigenvalue weighted by Gasteiger charge is 2.06. The molecule has 1 aromatic heterocycles. The van der Waals surface area contributed by atoms with Crippen molar-refractivity contribution in [1.82, 2.24) is 4.98 Å². The van der Waals surface area contributed by atoms with Gasteiger partial charge in [-0.3, -0.25) is 4.98 Å². The van der Waals surface area contributed by atoms with Gasteiger partial charge in [0.05, 0.1) is 17.6 Å². The number of azo groups is 1. The Bertz CT molecular complexity index is 1150. The van der Waals surface area contributed by atoms with Crippen LogP contribution in [0.25, 0.3) is 22.0 Å². The number of halogens is 1. The van der Waals surface area contributed by atoms with E-state index in [0.717, 1.165) is 27.6 Å². The van der Waals surface area contributed by atoms with E-state index >= 15 is 0 Å². The van der Waals surface area contributed by atoms with E-state index in [1.54, 1.807) is 12.3 Å². The summed E-state index contributed by atoms with van der Waals surface area (Å²) < 4.78 is 13.3. The highest BCUT2D eigenvalue weighted by atomic mass is 19.1. The van der Waals surface area contributed by atoms with Crippen molar-refractivity contribution in [2.75, 3.05) is 5.73 Å². The molecule has 0 bridgehead atoms. The van der Waals surface area contributed by atoms with Crippen LogP contribution in [0, 0.1) is 12.7 Å². The van der Waals surface area contributed by atoms with Crippen molar-refractivity contribution in [1.29, 1.82) is 0 Å². The maximum atomic E-state index is 13.3. The zero-order valence-corrected chi connectivity index (χ0v) is 14.7. The van der Waals surface area contributed by atoms with Gasteiger partial charge in [0.15, 0.2) is 0 Å². The van der Waals surface area contributed by atoms with Crippen LogP contribution in [0.2, 0.25) is 0 Å². The van der Waals surface area contributed by atoms with Gasteiger partial charge >= 0.3 is 0 Å². The van der Waals surface area contributed by atoms with Crippen LogP contribution in [0.5, 0.6) is 0 Å². The largest absolute Gasteiger partial charge is 0.396 e. The predicted molar refractivity (Wildman–Crippen MR) is 107 cm³/mol. The van der Waals surface area contributed by atoms with Crippen molar-refractivity contribution < 1.29 is 4.39 Å². The number of pyridine rings is 1. The van der Waals surface area contributed by atoms with E-state index in [0.29, 0.717) is 17.1 Å². The number of nitrogens with two attached hydrogens (primary N) is 1. The maximum Gasteiger partial charge on any atom is 0.123 e. The molecule has 0 saturated carbocycles. The zero-order chi connectivity index (χ0) is 18.8. The van der Waals surface area contributed by atoms with Gasteiger partial charge in [-0.2, -0.15) is 0 Å². The van der Waals surface area contributed by atoms with Crippen LogP contribution in [0.1, 0.15) is 5.56 Å². The smallest absolute Gasteiger partial charge is 0.123 e. The number of aryl methyl sites for hydroxylation is 1. The standard InChI is InChI=1S/C22H17FN4/c1-14-12-16(23)7-9-18(14)20-11-8-17(13-25-20)26-27-21-10-6-15-4-2-3-5-19(15)22(21)24/h2-13H,24H2,1H3. The number of fused-ring (bicyclic) bond motifs is 1. The Morgan fingerprint density at radius 1 is 0.926 bits per heavy atom. The predicted octanol–water partition coefficient (Wildman–Crippen LogP) is 6.35. The second-order valence-electron chi connectivity index (χ2n) is 6.28. The Morgan fingerprint density at radius 3 is 2.56 bits per heavy atom. The van der Waals surface area contributed by atoms with Gasteiger partial charge in [0.2, 0.25) is 0 Å². The second-order valence-corrected chi connectivity index (χ2v) is 6.28. The quantitative estimate of drug-likeness (QED) is 0.343. The third-order valence-electron chi connectivity index (χ3n) is 4.43. The fraction of sp³-hybridized carbons (Fsp3) is 0.0455. The molecule has 3 aromatic carbocycles. The van der Waals surface area contributed by atoms with Crippen LogP contribution in [0.3, 0.4) is 0 Å². The van der Waals surface area contributed by atoms with E-state index in [4.69, 9.17) is 5.73 Å². The molecule has 2 N–H and O–H groups in total. The van der Waals surface area contributed by atoms with E-state index in [9.17, 15) is 4.39 Å². The van der Waals surface area contributed by atoms with Crippen molar-refractivity contribution in [2.24, 2.45) is 10.2 Å². The van der Waals surface area contributed by atoms with Gasteiger partial charge in [0, 0.05) is 10.9 Å². The molecule has 4 nitrogen and oxygen atoms in total. The Kier molecular flexibility index (Phi) is 4.34. The highest BCUT2D eigenvalue weighted by Crippen LogP contribution is 2.32. The minimum absolute atomic E-state index is 0.255. The fourth-order valence-electron chi connectivity index (χ4n) is 3.00. The first-order chi connectivity index (χ1) is 13.1. The summed E-state index contributed by atoms with van der Waals surface area (Å²) in [5.74, 6) is -0.255. The normalized spacial score (nSPS) is 11.3. The first-order valence-electron chi connectivity index (χ1n) is 8.53. The van der Waals surface area contributed by atoms with Gasteiger partial charge in [0.25, 0.3) is 0 Å².